The summed E-state index contributed by atoms with van der Waals surface area (Å²) in [5.74, 6) is 2.51. The summed E-state index contributed by atoms with van der Waals surface area (Å²) in [6.45, 7) is 7.00. The first-order valence-corrected chi connectivity index (χ1v) is 9.57. The van der Waals surface area contributed by atoms with Gasteiger partial charge < -0.3 is 19.2 Å². The van der Waals surface area contributed by atoms with Crippen molar-refractivity contribution in [2.24, 2.45) is 10.9 Å². The highest BCUT2D eigenvalue weighted by Crippen LogP contribution is 2.28. The number of para-hydroxylation sites is 1. The van der Waals surface area contributed by atoms with Crippen LogP contribution in [-0.2, 0) is 6.54 Å². The van der Waals surface area contributed by atoms with Crippen LogP contribution in [0.3, 0.4) is 0 Å². The van der Waals surface area contributed by atoms with Crippen LogP contribution in [0.2, 0.25) is 0 Å². The fourth-order valence-electron chi connectivity index (χ4n) is 3.98. The van der Waals surface area contributed by atoms with Crippen LogP contribution >= 0.6 is 0 Å². The molecular weight excluding hydrogens is 338 g/mol. The van der Waals surface area contributed by atoms with E-state index in [9.17, 15) is 0 Å². The van der Waals surface area contributed by atoms with Crippen molar-refractivity contribution < 1.29 is 4.42 Å². The molecule has 2 unspecified atom stereocenters. The third-order valence-electron chi connectivity index (χ3n) is 5.69. The third-order valence-corrected chi connectivity index (χ3v) is 5.69. The number of piperidine rings is 1. The molecule has 3 heterocycles. The van der Waals surface area contributed by atoms with E-state index < -0.39 is 0 Å². The number of furan rings is 1. The Bertz CT molecular complexity index is 927. The number of hydrogen-bond acceptors (Lipinski definition) is 3. The average molecular weight is 365 g/mol. The standard InChI is InChI=1S/C21H27N5O/c1-15-8-10-25(13-18(15)26-11-9-23-14-26)21(22-3)24-12-20-16(2)17-6-4-5-7-19(17)27-20/h4-7,9,11,14-15,18H,8,10,12-13H2,1-3H3,(H,22,24). The fourth-order valence-corrected chi connectivity index (χ4v) is 3.98. The molecule has 1 aliphatic heterocycles. The van der Waals surface area contributed by atoms with Gasteiger partial charge in [0.2, 0.25) is 0 Å². The zero-order valence-electron chi connectivity index (χ0n) is 16.2. The molecule has 6 heteroatoms. The number of benzene rings is 1. The molecule has 1 aromatic carbocycles. The average Bonchev–Trinajstić information content (AvgIpc) is 3.32. The molecule has 2 aromatic heterocycles. The second-order valence-corrected chi connectivity index (χ2v) is 7.34. The minimum atomic E-state index is 0.410. The minimum Gasteiger partial charge on any atom is -0.459 e. The Kier molecular flexibility index (Phi) is 4.88. The lowest BCUT2D eigenvalue weighted by molar-refractivity contribution is 0.188. The number of rotatable bonds is 3. The molecular formula is C21H27N5O. The molecule has 142 valence electrons. The van der Waals surface area contributed by atoms with Crippen molar-refractivity contribution in [3.63, 3.8) is 0 Å². The maximum atomic E-state index is 6.03. The molecule has 0 radical (unpaired) electrons. The second-order valence-electron chi connectivity index (χ2n) is 7.34. The number of guanidine groups is 1. The monoisotopic (exact) mass is 365 g/mol. The SMILES string of the molecule is CN=C(NCc1oc2ccccc2c1C)N1CCC(C)C(n2ccnc2)C1. The van der Waals surface area contributed by atoms with Crippen LogP contribution in [0, 0.1) is 12.8 Å². The van der Waals surface area contributed by atoms with Crippen LogP contribution in [0.15, 0.2) is 52.4 Å². The Hall–Kier alpha value is -2.76. The van der Waals surface area contributed by atoms with E-state index in [1.807, 2.05) is 37.8 Å². The van der Waals surface area contributed by atoms with Crippen LogP contribution in [0.4, 0.5) is 0 Å². The maximum absolute atomic E-state index is 6.03. The zero-order chi connectivity index (χ0) is 18.8. The van der Waals surface area contributed by atoms with Gasteiger partial charge in [-0.25, -0.2) is 4.98 Å². The largest absolute Gasteiger partial charge is 0.459 e. The van der Waals surface area contributed by atoms with Gasteiger partial charge in [0.15, 0.2) is 5.96 Å². The molecule has 2 atom stereocenters. The summed E-state index contributed by atoms with van der Waals surface area (Å²) in [6, 6.07) is 8.59. The number of imidazole rings is 1. The number of nitrogens with zero attached hydrogens (tertiary/aromatic N) is 4. The van der Waals surface area contributed by atoms with Gasteiger partial charge in [0.05, 0.1) is 18.9 Å². The van der Waals surface area contributed by atoms with Crippen molar-refractivity contribution in [2.75, 3.05) is 20.1 Å². The topological polar surface area (TPSA) is 58.6 Å². The van der Waals surface area contributed by atoms with Gasteiger partial charge in [0, 0.05) is 43.5 Å². The van der Waals surface area contributed by atoms with Crippen molar-refractivity contribution in [2.45, 2.75) is 32.9 Å². The summed E-state index contributed by atoms with van der Waals surface area (Å²) in [4.78, 5) is 11.1. The molecule has 27 heavy (non-hydrogen) atoms. The molecule has 0 saturated carbocycles. The van der Waals surface area contributed by atoms with Gasteiger partial charge in [0.1, 0.15) is 11.3 Å². The number of fused-ring (bicyclic) bond motifs is 1. The van der Waals surface area contributed by atoms with Crippen LogP contribution < -0.4 is 5.32 Å². The van der Waals surface area contributed by atoms with Gasteiger partial charge in [-0.3, -0.25) is 4.99 Å². The Labute approximate surface area is 159 Å². The Morgan fingerprint density at radius 2 is 2.22 bits per heavy atom. The Morgan fingerprint density at radius 1 is 1.37 bits per heavy atom. The predicted octanol–water partition coefficient (Wildman–Crippen LogP) is 3.60. The van der Waals surface area contributed by atoms with E-state index in [0.29, 0.717) is 18.5 Å². The molecule has 0 aliphatic carbocycles. The molecule has 3 aromatic rings. The molecule has 1 N–H and O–H groups in total. The quantitative estimate of drug-likeness (QED) is 0.569. The Balaban J connectivity index is 1.46. The molecule has 0 bridgehead atoms. The van der Waals surface area contributed by atoms with E-state index in [1.54, 1.807) is 0 Å². The van der Waals surface area contributed by atoms with E-state index in [0.717, 1.165) is 36.8 Å². The van der Waals surface area contributed by atoms with Crippen LogP contribution in [0.25, 0.3) is 11.0 Å². The lowest BCUT2D eigenvalue weighted by Crippen LogP contribution is -2.48. The number of aryl methyl sites for hydroxylation is 1. The van der Waals surface area contributed by atoms with Crippen molar-refractivity contribution in [1.29, 1.82) is 0 Å². The van der Waals surface area contributed by atoms with Crippen molar-refractivity contribution in [3.05, 3.63) is 54.3 Å². The lowest BCUT2D eigenvalue weighted by Gasteiger charge is -2.39. The predicted molar refractivity (Wildman–Crippen MR) is 108 cm³/mol. The summed E-state index contributed by atoms with van der Waals surface area (Å²) in [5.41, 5.74) is 2.13. The first kappa shape index (κ1) is 17.6. The second kappa shape index (κ2) is 7.47. The van der Waals surface area contributed by atoms with E-state index in [2.05, 4.69) is 50.9 Å². The summed E-state index contributed by atoms with van der Waals surface area (Å²) < 4.78 is 8.25. The summed E-state index contributed by atoms with van der Waals surface area (Å²) in [6.07, 6.45) is 6.95. The summed E-state index contributed by atoms with van der Waals surface area (Å²) >= 11 is 0. The van der Waals surface area contributed by atoms with Crippen molar-refractivity contribution in [3.8, 4) is 0 Å². The minimum absolute atomic E-state index is 0.410. The van der Waals surface area contributed by atoms with Gasteiger partial charge in [-0.1, -0.05) is 25.1 Å². The number of likely N-dealkylation sites (tertiary alicyclic amines) is 1. The fraction of sp³-hybridized carbons (Fsp3) is 0.429. The van der Waals surface area contributed by atoms with Crippen LogP contribution in [-0.4, -0.2) is 40.5 Å². The zero-order valence-corrected chi connectivity index (χ0v) is 16.2. The summed E-state index contributed by atoms with van der Waals surface area (Å²) in [5, 5.41) is 4.67. The highest BCUT2D eigenvalue weighted by Gasteiger charge is 2.29. The molecule has 0 amide bonds. The van der Waals surface area contributed by atoms with E-state index in [1.165, 1.54) is 10.9 Å². The van der Waals surface area contributed by atoms with Crippen molar-refractivity contribution >= 4 is 16.9 Å². The van der Waals surface area contributed by atoms with Gasteiger partial charge in [-0.15, -0.1) is 0 Å². The molecule has 0 spiro atoms. The maximum Gasteiger partial charge on any atom is 0.194 e. The van der Waals surface area contributed by atoms with E-state index >= 15 is 0 Å². The summed E-state index contributed by atoms with van der Waals surface area (Å²) in [7, 11) is 1.85. The molecule has 1 saturated heterocycles. The highest BCUT2D eigenvalue weighted by atomic mass is 16.3. The highest BCUT2D eigenvalue weighted by molar-refractivity contribution is 5.83. The number of aliphatic imine (C=N–C) groups is 1. The van der Waals surface area contributed by atoms with Gasteiger partial charge in [-0.05, 0) is 25.3 Å². The molecule has 6 nitrogen and oxygen atoms in total. The van der Waals surface area contributed by atoms with E-state index in [4.69, 9.17) is 4.42 Å². The normalized spacial score (nSPS) is 21.0. The number of hydrogen-bond donors (Lipinski definition) is 1. The number of aromatic nitrogens is 2. The molecule has 1 aliphatic rings. The lowest BCUT2D eigenvalue weighted by atomic mass is 9.93. The first-order valence-electron chi connectivity index (χ1n) is 9.57. The smallest absolute Gasteiger partial charge is 0.194 e. The Morgan fingerprint density at radius 3 is 2.96 bits per heavy atom. The van der Waals surface area contributed by atoms with Crippen LogP contribution in [0.5, 0.6) is 0 Å². The number of nitrogens with one attached hydrogen (secondary N) is 1. The van der Waals surface area contributed by atoms with Gasteiger partial charge >= 0.3 is 0 Å². The van der Waals surface area contributed by atoms with Crippen molar-refractivity contribution in [1.82, 2.24) is 19.8 Å². The molecule has 1 fully saturated rings. The van der Waals surface area contributed by atoms with Gasteiger partial charge in [-0.2, -0.15) is 0 Å². The van der Waals surface area contributed by atoms with Gasteiger partial charge in [0.25, 0.3) is 0 Å². The third kappa shape index (κ3) is 3.44. The van der Waals surface area contributed by atoms with E-state index in [-0.39, 0.29) is 0 Å². The molecule has 4 rings (SSSR count). The van der Waals surface area contributed by atoms with Crippen LogP contribution in [0.1, 0.15) is 30.7 Å². The first-order chi connectivity index (χ1) is 13.2.